The van der Waals surface area contributed by atoms with Gasteiger partial charge in [-0.1, -0.05) is 29.3 Å². The molecule has 1 aromatic carbocycles. The highest BCUT2D eigenvalue weighted by Crippen LogP contribution is 2.24. The van der Waals surface area contributed by atoms with Crippen molar-refractivity contribution in [2.45, 2.75) is 25.7 Å². The standard InChI is InChI=1S/C17H18Cl2N2O3/c18-13-3-1-11(7-14(13)19)2-4-15(22)20-8-12(9-20)10-21-16(23)5-6-17(21)24/h1,3,7,12H,2,4-6,8-10H2. The molecule has 24 heavy (non-hydrogen) atoms. The van der Waals surface area contributed by atoms with Gasteiger partial charge in [0, 0.05) is 44.8 Å². The van der Waals surface area contributed by atoms with E-state index in [1.54, 1.807) is 17.0 Å². The van der Waals surface area contributed by atoms with Gasteiger partial charge in [-0.3, -0.25) is 19.3 Å². The Morgan fingerprint density at radius 3 is 2.38 bits per heavy atom. The molecule has 0 aliphatic carbocycles. The zero-order valence-corrected chi connectivity index (χ0v) is 14.6. The molecule has 2 aliphatic heterocycles. The second-order valence-electron chi connectivity index (χ2n) is 6.31. The summed E-state index contributed by atoms with van der Waals surface area (Å²) in [6.45, 7) is 1.66. The molecule has 2 heterocycles. The van der Waals surface area contributed by atoms with E-state index in [4.69, 9.17) is 23.2 Å². The van der Waals surface area contributed by atoms with Crippen molar-refractivity contribution in [3.05, 3.63) is 33.8 Å². The van der Waals surface area contributed by atoms with Crippen LogP contribution in [0.15, 0.2) is 18.2 Å². The molecule has 7 heteroatoms. The minimum absolute atomic E-state index is 0.0800. The Morgan fingerprint density at radius 1 is 1.08 bits per heavy atom. The summed E-state index contributed by atoms with van der Waals surface area (Å²) in [5.41, 5.74) is 0.975. The fraction of sp³-hybridized carbons (Fsp3) is 0.471. The molecule has 3 rings (SSSR count). The van der Waals surface area contributed by atoms with Crippen LogP contribution in [0, 0.1) is 5.92 Å². The third kappa shape index (κ3) is 3.73. The predicted molar refractivity (Wildman–Crippen MR) is 90.8 cm³/mol. The summed E-state index contributed by atoms with van der Waals surface area (Å²) < 4.78 is 0. The zero-order valence-electron chi connectivity index (χ0n) is 13.1. The second-order valence-corrected chi connectivity index (χ2v) is 7.13. The van der Waals surface area contributed by atoms with Gasteiger partial charge in [0.05, 0.1) is 10.0 Å². The quantitative estimate of drug-likeness (QED) is 0.750. The summed E-state index contributed by atoms with van der Waals surface area (Å²) in [7, 11) is 0. The molecule has 0 bridgehead atoms. The number of hydrogen-bond acceptors (Lipinski definition) is 3. The lowest BCUT2D eigenvalue weighted by molar-refractivity contribution is -0.142. The third-order valence-electron chi connectivity index (χ3n) is 4.52. The maximum absolute atomic E-state index is 12.2. The van der Waals surface area contributed by atoms with Crippen LogP contribution in [0.5, 0.6) is 0 Å². The van der Waals surface area contributed by atoms with Crippen molar-refractivity contribution in [1.82, 2.24) is 9.80 Å². The van der Waals surface area contributed by atoms with Crippen LogP contribution in [0.2, 0.25) is 10.0 Å². The monoisotopic (exact) mass is 368 g/mol. The molecule has 0 atom stereocenters. The van der Waals surface area contributed by atoms with Gasteiger partial charge in [-0.25, -0.2) is 0 Å². The van der Waals surface area contributed by atoms with Crippen LogP contribution in [-0.4, -0.2) is 47.2 Å². The highest BCUT2D eigenvalue weighted by Gasteiger charge is 2.36. The Bertz CT molecular complexity index is 670. The molecule has 0 saturated carbocycles. The molecule has 0 radical (unpaired) electrons. The average molecular weight is 369 g/mol. The Hall–Kier alpha value is -1.59. The molecular weight excluding hydrogens is 351 g/mol. The summed E-state index contributed by atoms with van der Waals surface area (Å²) in [6, 6.07) is 5.37. The van der Waals surface area contributed by atoms with E-state index in [-0.39, 0.29) is 23.6 Å². The second kappa shape index (κ2) is 7.11. The van der Waals surface area contributed by atoms with Crippen LogP contribution >= 0.6 is 23.2 Å². The van der Waals surface area contributed by atoms with E-state index in [1.807, 2.05) is 6.07 Å². The van der Waals surface area contributed by atoms with Crippen molar-refractivity contribution in [3.63, 3.8) is 0 Å². The first-order chi connectivity index (χ1) is 11.4. The Kier molecular flexibility index (Phi) is 5.11. The summed E-state index contributed by atoms with van der Waals surface area (Å²) in [6.07, 6.45) is 1.65. The molecule has 0 spiro atoms. The molecule has 2 saturated heterocycles. The van der Waals surface area contributed by atoms with Gasteiger partial charge >= 0.3 is 0 Å². The van der Waals surface area contributed by atoms with E-state index >= 15 is 0 Å². The molecule has 3 amide bonds. The van der Waals surface area contributed by atoms with Crippen molar-refractivity contribution in [1.29, 1.82) is 0 Å². The number of hydrogen-bond donors (Lipinski definition) is 0. The van der Waals surface area contributed by atoms with Crippen LogP contribution in [0.3, 0.4) is 0 Å². The van der Waals surface area contributed by atoms with Crippen molar-refractivity contribution in [2.24, 2.45) is 5.92 Å². The average Bonchev–Trinajstić information content (AvgIpc) is 2.82. The lowest BCUT2D eigenvalue weighted by Gasteiger charge is -2.40. The van der Waals surface area contributed by atoms with Gasteiger partial charge in [-0.05, 0) is 24.1 Å². The van der Waals surface area contributed by atoms with Crippen LogP contribution < -0.4 is 0 Å². The molecule has 0 aromatic heterocycles. The van der Waals surface area contributed by atoms with E-state index in [1.165, 1.54) is 4.90 Å². The van der Waals surface area contributed by atoms with Crippen molar-refractivity contribution in [3.8, 4) is 0 Å². The first-order valence-electron chi connectivity index (χ1n) is 7.99. The topological polar surface area (TPSA) is 57.7 Å². The van der Waals surface area contributed by atoms with E-state index in [9.17, 15) is 14.4 Å². The highest BCUT2D eigenvalue weighted by atomic mass is 35.5. The SMILES string of the molecule is O=C(CCc1ccc(Cl)c(Cl)c1)N1CC(CN2C(=O)CCC2=O)C1. The van der Waals surface area contributed by atoms with Crippen LogP contribution in [0.4, 0.5) is 0 Å². The normalized spacial score (nSPS) is 18.2. The number of rotatable bonds is 5. The number of aryl methyl sites for hydroxylation is 1. The van der Waals surface area contributed by atoms with Crippen molar-refractivity contribution < 1.29 is 14.4 Å². The minimum atomic E-state index is -0.0932. The van der Waals surface area contributed by atoms with Crippen molar-refractivity contribution >= 4 is 40.9 Å². The maximum atomic E-state index is 12.2. The summed E-state index contributed by atoms with van der Waals surface area (Å²) >= 11 is 11.8. The Morgan fingerprint density at radius 2 is 1.75 bits per heavy atom. The minimum Gasteiger partial charge on any atom is -0.342 e. The fourth-order valence-electron chi connectivity index (χ4n) is 3.08. The number of carbonyl (C=O) groups excluding carboxylic acids is 3. The number of halogens is 2. The van der Waals surface area contributed by atoms with Gasteiger partial charge in [0.2, 0.25) is 17.7 Å². The van der Waals surface area contributed by atoms with Gasteiger partial charge in [0.15, 0.2) is 0 Å². The van der Waals surface area contributed by atoms with E-state index < -0.39 is 0 Å². The zero-order chi connectivity index (χ0) is 17.3. The van der Waals surface area contributed by atoms with Gasteiger partial charge in [-0.2, -0.15) is 0 Å². The number of carbonyl (C=O) groups is 3. The number of benzene rings is 1. The van der Waals surface area contributed by atoms with Gasteiger partial charge in [0.1, 0.15) is 0 Å². The van der Waals surface area contributed by atoms with Gasteiger partial charge < -0.3 is 4.90 Å². The summed E-state index contributed by atoms with van der Waals surface area (Å²) in [5, 5.41) is 0.994. The van der Waals surface area contributed by atoms with E-state index in [0.717, 1.165) is 5.56 Å². The third-order valence-corrected chi connectivity index (χ3v) is 5.26. The number of imide groups is 1. The lowest BCUT2D eigenvalue weighted by Crippen LogP contribution is -2.54. The molecule has 1 aromatic rings. The Labute approximate surface area is 150 Å². The molecular formula is C17H18Cl2N2O3. The Balaban J connectivity index is 1.42. The lowest BCUT2D eigenvalue weighted by atomic mass is 9.98. The highest BCUT2D eigenvalue weighted by molar-refractivity contribution is 6.42. The first kappa shape index (κ1) is 17.2. The fourth-order valence-corrected chi connectivity index (χ4v) is 3.40. The number of amides is 3. The van der Waals surface area contributed by atoms with E-state index in [0.29, 0.717) is 55.4 Å². The smallest absolute Gasteiger partial charge is 0.229 e. The molecule has 0 N–H and O–H groups in total. The molecule has 2 aliphatic rings. The van der Waals surface area contributed by atoms with Crippen LogP contribution in [-0.2, 0) is 20.8 Å². The summed E-state index contributed by atoms with van der Waals surface area (Å²) in [5.74, 6) is 0.0927. The maximum Gasteiger partial charge on any atom is 0.229 e. The van der Waals surface area contributed by atoms with Crippen LogP contribution in [0.1, 0.15) is 24.8 Å². The largest absolute Gasteiger partial charge is 0.342 e. The number of likely N-dealkylation sites (tertiary alicyclic amines) is 2. The first-order valence-corrected chi connectivity index (χ1v) is 8.74. The molecule has 2 fully saturated rings. The molecule has 5 nitrogen and oxygen atoms in total. The van der Waals surface area contributed by atoms with Gasteiger partial charge in [-0.15, -0.1) is 0 Å². The van der Waals surface area contributed by atoms with E-state index in [2.05, 4.69) is 0 Å². The number of nitrogens with zero attached hydrogens (tertiary/aromatic N) is 2. The van der Waals surface area contributed by atoms with Crippen LogP contribution in [0.25, 0.3) is 0 Å². The summed E-state index contributed by atoms with van der Waals surface area (Å²) in [4.78, 5) is 38.5. The van der Waals surface area contributed by atoms with Gasteiger partial charge in [0.25, 0.3) is 0 Å². The van der Waals surface area contributed by atoms with Crippen molar-refractivity contribution in [2.75, 3.05) is 19.6 Å². The molecule has 0 unspecified atom stereocenters. The molecule has 128 valence electrons. The predicted octanol–water partition coefficient (Wildman–Crippen LogP) is 2.53.